The van der Waals surface area contributed by atoms with Gasteiger partial charge in [0.25, 0.3) is 0 Å². The number of halogens is 3. The minimum atomic E-state index is -4.77. The van der Waals surface area contributed by atoms with E-state index in [0.29, 0.717) is 24.6 Å². The lowest BCUT2D eigenvalue weighted by Crippen LogP contribution is -2.43. The molecule has 2 aromatic heterocycles. The molecule has 0 spiro atoms. The molecule has 2 aliphatic rings. The number of anilines is 2. The summed E-state index contributed by atoms with van der Waals surface area (Å²) >= 11 is 0. The molecule has 9 nitrogen and oxygen atoms in total. The fourth-order valence-corrected chi connectivity index (χ4v) is 6.34. The Hall–Kier alpha value is -4.32. The minimum absolute atomic E-state index is 0.106. The highest BCUT2D eigenvalue weighted by molar-refractivity contribution is 5.92. The Bertz CT molecular complexity index is 1650. The number of H-pyrrole nitrogens is 1. The van der Waals surface area contributed by atoms with Crippen LogP contribution in [-0.2, 0) is 11.3 Å². The van der Waals surface area contributed by atoms with Crippen molar-refractivity contribution >= 4 is 28.4 Å². The topological polar surface area (TPSA) is 98.4 Å². The number of aryl methyl sites for hydroxylation is 1. The van der Waals surface area contributed by atoms with Gasteiger partial charge in [-0.15, -0.1) is 13.2 Å². The zero-order valence-corrected chi connectivity index (χ0v) is 25.5. The summed E-state index contributed by atoms with van der Waals surface area (Å²) in [6.45, 7) is 5.66. The SMILES string of the molecule is Cc1cc(NC2CCN(C)CC2)ccc1-c1cc2c(N3CCC[C@H](C(=O)NCc4cccc(OC(F)(F)F)c4)C3)ncnc2[nH]1. The normalized spacial score (nSPS) is 18.2. The first-order chi connectivity index (χ1) is 21.6. The maximum Gasteiger partial charge on any atom is 0.573 e. The van der Waals surface area contributed by atoms with Crippen LogP contribution in [0.4, 0.5) is 24.7 Å². The molecule has 2 aromatic carbocycles. The van der Waals surface area contributed by atoms with Crippen molar-refractivity contribution in [3.05, 3.63) is 66.0 Å². The van der Waals surface area contributed by atoms with Gasteiger partial charge in [0.2, 0.25) is 5.91 Å². The molecule has 45 heavy (non-hydrogen) atoms. The van der Waals surface area contributed by atoms with Crippen molar-refractivity contribution in [1.29, 1.82) is 0 Å². The van der Waals surface area contributed by atoms with Gasteiger partial charge in [0, 0.05) is 42.6 Å². The number of carbonyl (C=O) groups excluding carboxylic acids is 1. The van der Waals surface area contributed by atoms with Crippen LogP contribution < -0.4 is 20.3 Å². The number of aromatic amines is 1. The fourth-order valence-electron chi connectivity index (χ4n) is 6.34. The molecule has 6 rings (SSSR count). The van der Waals surface area contributed by atoms with Gasteiger partial charge in [-0.25, -0.2) is 9.97 Å². The number of nitrogens with zero attached hydrogens (tertiary/aromatic N) is 4. The molecule has 238 valence electrons. The van der Waals surface area contributed by atoms with E-state index >= 15 is 0 Å². The number of piperidine rings is 2. The van der Waals surface area contributed by atoms with Gasteiger partial charge < -0.3 is 30.2 Å². The summed E-state index contributed by atoms with van der Waals surface area (Å²) in [5.41, 5.74) is 5.58. The molecule has 0 aliphatic carbocycles. The number of nitrogens with one attached hydrogen (secondary N) is 3. The molecule has 3 N–H and O–H groups in total. The van der Waals surface area contributed by atoms with E-state index in [-0.39, 0.29) is 24.1 Å². The Balaban J connectivity index is 1.12. The summed E-state index contributed by atoms with van der Waals surface area (Å²) in [7, 11) is 2.17. The zero-order valence-electron chi connectivity index (χ0n) is 25.5. The van der Waals surface area contributed by atoms with Crippen molar-refractivity contribution in [1.82, 2.24) is 25.2 Å². The van der Waals surface area contributed by atoms with Crippen LogP contribution in [0.25, 0.3) is 22.3 Å². The number of rotatable bonds is 8. The van der Waals surface area contributed by atoms with Crippen LogP contribution in [0.3, 0.4) is 0 Å². The number of aromatic nitrogens is 3. The molecule has 0 radical (unpaired) electrons. The van der Waals surface area contributed by atoms with E-state index in [1.165, 1.54) is 18.2 Å². The van der Waals surface area contributed by atoms with Crippen LogP contribution in [0.1, 0.15) is 36.8 Å². The standard InChI is InChI=1S/C33H38F3N7O2/c1-21-15-25(40-24-10-13-42(2)14-11-24)8-9-27(21)29-17-28-30(41-29)38-20-39-31(28)43-12-4-6-23(19-43)32(44)37-18-22-5-3-7-26(16-22)45-33(34,35)36/h3,5,7-9,15-17,20,23-24,40H,4,6,10-14,18-19H2,1-2H3,(H,37,44)(H,38,39,41)/t23-/m0/s1. The molecule has 0 bridgehead atoms. The van der Waals surface area contributed by atoms with Gasteiger partial charge >= 0.3 is 6.36 Å². The first kappa shape index (κ1) is 30.7. The number of amides is 1. The van der Waals surface area contributed by atoms with Crippen LogP contribution in [0.2, 0.25) is 0 Å². The summed E-state index contributed by atoms with van der Waals surface area (Å²) < 4.78 is 41.8. The van der Waals surface area contributed by atoms with E-state index in [0.717, 1.165) is 78.3 Å². The smallest absolute Gasteiger partial charge is 0.406 e. The average Bonchev–Trinajstić information content (AvgIpc) is 3.45. The lowest BCUT2D eigenvalue weighted by molar-refractivity contribution is -0.274. The number of hydrogen-bond donors (Lipinski definition) is 3. The Morgan fingerprint density at radius 1 is 1.07 bits per heavy atom. The zero-order chi connectivity index (χ0) is 31.6. The van der Waals surface area contributed by atoms with Crippen LogP contribution in [0, 0.1) is 12.8 Å². The summed E-state index contributed by atoms with van der Waals surface area (Å²) in [6, 6.07) is 14.7. The fraction of sp³-hybridized carbons (Fsp3) is 0.424. The van der Waals surface area contributed by atoms with Crippen LogP contribution in [-0.4, -0.2) is 71.4 Å². The highest BCUT2D eigenvalue weighted by Gasteiger charge is 2.31. The van der Waals surface area contributed by atoms with E-state index < -0.39 is 6.36 Å². The lowest BCUT2D eigenvalue weighted by atomic mass is 9.96. The second-order valence-electron chi connectivity index (χ2n) is 12.1. The Kier molecular flexibility index (Phi) is 8.84. The van der Waals surface area contributed by atoms with Gasteiger partial charge in [0.15, 0.2) is 0 Å². The van der Waals surface area contributed by atoms with Gasteiger partial charge in [0.05, 0.1) is 11.3 Å². The summed E-state index contributed by atoms with van der Waals surface area (Å²) in [4.78, 5) is 30.2. The van der Waals surface area contributed by atoms with Gasteiger partial charge in [0.1, 0.15) is 23.5 Å². The maximum atomic E-state index is 13.1. The second kappa shape index (κ2) is 13.0. The minimum Gasteiger partial charge on any atom is -0.406 e. The van der Waals surface area contributed by atoms with Gasteiger partial charge in [-0.1, -0.05) is 18.2 Å². The monoisotopic (exact) mass is 621 g/mol. The molecule has 2 fully saturated rings. The molecule has 1 amide bonds. The van der Waals surface area contributed by atoms with Crippen molar-refractivity contribution in [2.75, 3.05) is 43.4 Å². The van der Waals surface area contributed by atoms with Crippen molar-refractivity contribution in [2.24, 2.45) is 5.92 Å². The number of fused-ring (bicyclic) bond motifs is 1. The third-order valence-electron chi connectivity index (χ3n) is 8.70. The van der Waals surface area contributed by atoms with E-state index in [2.05, 4.69) is 78.4 Å². The molecule has 4 aromatic rings. The molecule has 4 heterocycles. The third-order valence-corrected chi connectivity index (χ3v) is 8.70. The second-order valence-corrected chi connectivity index (χ2v) is 12.1. The first-order valence-electron chi connectivity index (χ1n) is 15.4. The predicted molar refractivity (Wildman–Crippen MR) is 168 cm³/mol. The average molecular weight is 622 g/mol. The van der Waals surface area contributed by atoms with E-state index in [4.69, 9.17) is 0 Å². The van der Waals surface area contributed by atoms with Crippen LogP contribution in [0.5, 0.6) is 5.75 Å². The molecule has 2 saturated heterocycles. The maximum absolute atomic E-state index is 13.1. The molecule has 0 unspecified atom stereocenters. The number of carbonyl (C=O) groups is 1. The molecule has 2 aliphatic heterocycles. The molecule has 1 atom stereocenters. The van der Waals surface area contributed by atoms with Gasteiger partial charge in [-0.3, -0.25) is 4.79 Å². The lowest BCUT2D eigenvalue weighted by Gasteiger charge is -2.33. The predicted octanol–water partition coefficient (Wildman–Crippen LogP) is 5.87. The highest BCUT2D eigenvalue weighted by atomic mass is 19.4. The van der Waals surface area contributed by atoms with E-state index in [9.17, 15) is 18.0 Å². The van der Waals surface area contributed by atoms with E-state index in [1.54, 1.807) is 12.4 Å². The van der Waals surface area contributed by atoms with Crippen molar-refractivity contribution in [3.63, 3.8) is 0 Å². The molecular weight excluding hydrogens is 583 g/mol. The Labute approximate surface area is 260 Å². The van der Waals surface area contributed by atoms with Gasteiger partial charge in [-0.2, -0.15) is 0 Å². The summed E-state index contributed by atoms with van der Waals surface area (Å²) in [6.07, 6.45) is 0.555. The first-order valence-corrected chi connectivity index (χ1v) is 15.4. The summed E-state index contributed by atoms with van der Waals surface area (Å²) in [5.74, 6) is 0.0255. The van der Waals surface area contributed by atoms with Crippen molar-refractivity contribution in [3.8, 4) is 17.0 Å². The van der Waals surface area contributed by atoms with E-state index in [1.807, 2.05) is 0 Å². The molecular formula is C33H38F3N7O2. The third kappa shape index (κ3) is 7.50. The quantitative estimate of drug-likeness (QED) is 0.226. The number of ether oxygens (including phenoxy) is 1. The number of alkyl halides is 3. The highest BCUT2D eigenvalue weighted by Crippen LogP contribution is 2.33. The van der Waals surface area contributed by atoms with Crippen LogP contribution >= 0.6 is 0 Å². The Morgan fingerprint density at radius 3 is 2.67 bits per heavy atom. The largest absolute Gasteiger partial charge is 0.573 e. The number of benzene rings is 2. The number of hydrogen-bond acceptors (Lipinski definition) is 7. The Morgan fingerprint density at radius 2 is 1.89 bits per heavy atom. The summed E-state index contributed by atoms with van der Waals surface area (Å²) in [5, 5.41) is 7.47. The van der Waals surface area contributed by atoms with Crippen LogP contribution in [0.15, 0.2) is 54.9 Å². The number of likely N-dealkylation sites (tertiary alicyclic amines) is 1. The van der Waals surface area contributed by atoms with Crippen molar-refractivity contribution < 1.29 is 22.7 Å². The van der Waals surface area contributed by atoms with Gasteiger partial charge in [-0.05, 0) is 94.2 Å². The molecule has 12 heteroatoms. The van der Waals surface area contributed by atoms with Crippen molar-refractivity contribution in [2.45, 2.75) is 51.6 Å². The molecule has 0 saturated carbocycles.